The van der Waals surface area contributed by atoms with E-state index in [1.165, 1.54) is 119 Å². The molecule has 0 aliphatic heterocycles. The Morgan fingerprint density at radius 2 is 0.667 bits per heavy atom. The van der Waals surface area contributed by atoms with E-state index in [-0.39, 0.29) is 0 Å². The summed E-state index contributed by atoms with van der Waals surface area (Å²) in [5.74, 6) is 0. The van der Waals surface area contributed by atoms with Gasteiger partial charge in [-0.3, -0.25) is 0 Å². The first-order chi connectivity index (χ1) is 18.8. The highest BCUT2D eigenvalue weighted by Crippen LogP contribution is 2.20. The normalized spacial score (nSPS) is 14.9. The molecule has 0 saturated carbocycles. The van der Waals surface area contributed by atoms with Crippen LogP contribution in [0.4, 0.5) is 0 Å². The Labute approximate surface area is 246 Å². The van der Waals surface area contributed by atoms with Gasteiger partial charge in [0.1, 0.15) is 0 Å². The highest BCUT2D eigenvalue weighted by Gasteiger charge is 1.99. The smallest absolute Gasteiger partial charge is 0.0286 e. The van der Waals surface area contributed by atoms with Crippen LogP contribution < -0.4 is 0 Å². The Morgan fingerprint density at radius 1 is 0.359 bits per heavy atom. The molecule has 39 heavy (non-hydrogen) atoms. The highest BCUT2D eigenvalue weighted by molar-refractivity contribution is 5.11. The standard InChI is InChI=1S/C39H66/c1-10-33(6)21-15-23-35(8)24-16-25-36(9)26-18-28-38(13-4)30-20-32-39(14-5)31-19-29-37(12-3)27-17-22-34(7)11-2/h10,22-23,25,28-29,32H,11-21,24,26-27,30-31H2,1-9H3. The van der Waals surface area contributed by atoms with Crippen molar-refractivity contribution in [3.63, 3.8) is 0 Å². The van der Waals surface area contributed by atoms with Crippen LogP contribution in [0.25, 0.3) is 0 Å². The van der Waals surface area contributed by atoms with E-state index in [9.17, 15) is 0 Å². The summed E-state index contributed by atoms with van der Waals surface area (Å²) >= 11 is 0. The molecule has 0 amide bonds. The maximum Gasteiger partial charge on any atom is -0.0286 e. The molecule has 0 rings (SSSR count). The SMILES string of the molecule is CC=C(C)CCC=C(C)CCC=C(C)CCC=C(CC)CCC=C(CC)CCC=C(CC)CCC=C(C)CC. The molecule has 222 valence electrons. The number of rotatable bonds is 22. The molecule has 0 heterocycles. The van der Waals surface area contributed by atoms with Crippen molar-refractivity contribution in [1.82, 2.24) is 0 Å². The van der Waals surface area contributed by atoms with Gasteiger partial charge in [0.25, 0.3) is 0 Å². The molecule has 0 atom stereocenters. The number of hydrogen-bond acceptors (Lipinski definition) is 0. The van der Waals surface area contributed by atoms with E-state index in [4.69, 9.17) is 0 Å². The van der Waals surface area contributed by atoms with Gasteiger partial charge in [0, 0.05) is 0 Å². The minimum absolute atomic E-state index is 1.18. The first-order valence-corrected chi connectivity index (χ1v) is 16.4. The fourth-order valence-electron chi connectivity index (χ4n) is 4.79. The Bertz CT molecular complexity index is 846. The maximum absolute atomic E-state index is 2.54. The van der Waals surface area contributed by atoms with Crippen LogP contribution in [0.5, 0.6) is 0 Å². The molecule has 0 aromatic rings. The molecule has 0 N–H and O–H groups in total. The lowest BCUT2D eigenvalue weighted by molar-refractivity contribution is 0.832. The predicted octanol–water partition coefficient (Wildman–Crippen LogP) is 13.9. The van der Waals surface area contributed by atoms with Crippen molar-refractivity contribution in [1.29, 1.82) is 0 Å². The molecule has 0 fully saturated rings. The van der Waals surface area contributed by atoms with Crippen molar-refractivity contribution < 1.29 is 0 Å². The van der Waals surface area contributed by atoms with Crippen LogP contribution in [0.3, 0.4) is 0 Å². The first kappa shape index (κ1) is 37.2. The quantitative estimate of drug-likeness (QED) is 0.121. The van der Waals surface area contributed by atoms with E-state index < -0.39 is 0 Å². The van der Waals surface area contributed by atoms with Crippen LogP contribution in [0.2, 0.25) is 0 Å². The molecule has 0 unspecified atom stereocenters. The van der Waals surface area contributed by atoms with Crippen LogP contribution in [0.1, 0.15) is 165 Å². The molecular weight excluding hydrogens is 468 g/mol. The summed E-state index contributed by atoms with van der Waals surface area (Å²) in [5, 5.41) is 0. The lowest BCUT2D eigenvalue weighted by atomic mass is 9.99. The third kappa shape index (κ3) is 21.7. The predicted molar refractivity (Wildman–Crippen MR) is 182 cm³/mol. The Hall–Kier alpha value is -1.82. The molecule has 0 aliphatic carbocycles. The summed E-state index contributed by atoms with van der Waals surface area (Å²) in [6, 6.07) is 0. The van der Waals surface area contributed by atoms with Gasteiger partial charge in [0.2, 0.25) is 0 Å². The van der Waals surface area contributed by atoms with Gasteiger partial charge < -0.3 is 0 Å². The summed E-state index contributed by atoms with van der Waals surface area (Å²) < 4.78 is 0. The molecule has 0 heteroatoms. The zero-order chi connectivity index (χ0) is 29.3. The van der Waals surface area contributed by atoms with Crippen molar-refractivity contribution in [2.75, 3.05) is 0 Å². The Kier molecular flexibility index (Phi) is 24.0. The van der Waals surface area contributed by atoms with E-state index >= 15 is 0 Å². The lowest BCUT2D eigenvalue weighted by Gasteiger charge is -2.07. The van der Waals surface area contributed by atoms with Crippen molar-refractivity contribution in [3.05, 3.63) is 81.5 Å². The molecule has 0 saturated heterocycles. The van der Waals surface area contributed by atoms with Gasteiger partial charge in [-0.05, 0) is 137 Å². The zero-order valence-corrected chi connectivity index (χ0v) is 27.9. The Balaban J connectivity index is 4.50. The third-order valence-electron chi connectivity index (χ3n) is 8.20. The lowest BCUT2D eigenvalue weighted by Crippen LogP contribution is -1.87. The highest BCUT2D eigenvalue weighted by atomic mass is 14.1. The first-order valence-electron chi connectivity index (χ1n) is 16.4. The van der Waals surface area contributed by atoms with E-state index in [1.807, 2.05) is 0 Å². The van der Waals surface area contributed by atoms with Crippen LogP contribution in [-0.2, 0) is 0 Å². The van der Waals surface area contributed by atoms with Gasteiger partial charge >= 0.3 is 0 Å². The number of hydrogen-bond donors (Lipinski definition) is 0. The maximum atomic E-state index is 2.54. The number of allylic oxidation sites excluding steroid dienone is 14. The Morgan fingerprint density at radius 3 is 1.03 bits per heavy atom. The molecule has 0 spiro atoms. The van der Waals surface area contributed by atoms with Gasteiger partial charge in [-0.2, -0.15) is 0 Å². The van der Waals surface area contributed by atoms with Crippen LogP contribution in [-0.4, -0.2) is 0 Å². The second kappa shape index (κ2) is 25.2. The summed E-state index contributed by atoms with van der Waals surface area (Å²) in [5.41, 5.74) is 11.0. The summed E-state index contributed by atoms with van der Waals surface area (Å²) in [6.07, 6.45) is 36.3. The monoisotopic (exact) mass is 535 g/mol. The van der Waals surface area contributed by atoms with E-state index in [2.05, 4.69) is 105 Å². The van der Waals surface area contributed by atoms with Crippen LogP contribution >= 0.6 is 0 Å². The fourth-order valence-corrected chi connectivity index (χ4v) is 4.79. The largest absolute Gasteiger partial charge is 0.0887 e. The molecule has 0 nitrogen and oxygen atoms in total. The van der Waals surface area contributed by atoms with Crippen molar-refractivity contribution >= 4 is 0 Å². The van der Waals surface area contributed by atoms with Gasteiger partial charge in [0.15, 0.2) is 0 Å². The van der Waals surface area contributed by atoms with E-state index in [1.54, 1.807) is 22.3 Å². The minimum Gasteiger partial charge on any atom is -0.0887 e. The van der Waals surface area contributed by atoms with Gasteiger partial charge in [0.05, 0.1) is 0 Å². The molecular formula is C39H66. The average molecular weight is 535 g/mol. The van der Waals surface area contributed by atoms with Gasteiger partial charge in [-0.1, -0.05) is 109 Å². The van der Waals surface area contributed by atoms with Crippen molar-refractivity contribution in [2.45, 2.75) is 165 Å². The molecule has 0 aromatic heterocycles. The van der Waals surface area contributed by atoms with Crippen molar-refractivity contribution in [3.8, 4) is 0 Å². The second-order valence-corrected chi connectivity index (χ2v) is 11.5. The van der Waals surface area contributed by atoms with Crippen LogP contribution in [0.15, 0.2) is 81.5 Å². The van der Waals surface area contributed by atoms with E-state index in [0.29, 0.717) is 0 Å². The topological polar surface area (TPSA) is 0 Å². The fraction of sp³-hybridized carbons (Fsp3) is 0.641. The van der Waals surface area contributed by atoms with Crippen molar-refractivity contribution in [2.24, 2.45) is 0 Å². The summed E-state index contributed by atoms with van der Waals surface area (Å²) in [4.78, 5) is 0. The molecule has 0 aliphatic rings. The van der Waals surface area contributed by atoms with Gasteiger partial charge in [-0.15, -0.1) is 0 Å². The zero-order valence-electron chi connectivity index (χ0n) is 27.9. The van der Waals surface area contributed by atoms with Gasteiger partial charge in [-0.25, -0.2) is 0 Å². The summed E-state index contributed by atoms with van der Waals surface area (Å²) in [6.45, 7) is 20.4. The van der Waals surface area contributed by atoms with Crippen LogP contribution in [0, 0.1) is 0 Å². The third-order valence-corrected chi connectivity index (χ3v) is 8.20. The minimum atomic E-state index is 1.18. The molecule has 0 aromatic carbocycles. The summed E-state index contributed by atoms with van der Waals surface area (Å²) in [7, 11) is 0. The van der Waals surface area contributed by atoms with E-state index in [0.717, 1.165) is 0 Å². The average Bonchev–Trinajstić information content (AvgIpc) is 2.94. The second-order valence-electron chi connectivity index (χ2n) is 11.5. The molecule has 0 bridgehead atoms. The molecule has 0 radical (unpaired) electrons.